The van der Waals surface area contributed by atoms with Crippen molar-refractivity contribution in [1.82, 2.24) is 0 Å². The molecule has 0 radical (unpaired) electrons. The van der Waals surface area contributed by atoms with E-state index in [0.29, 0.717) is 28.4 Å². The summed E-state index contributed by atoms with van der Waals surface area (Å²) >= 11 is 0. The first kappa shape index (κ1) is 22.0. The first-order valence-corrected chi connectivity index (χ1v) is 10.4. The zero-order chi connectivity index (χ0) is 23.5. The first-order valence-electron chi connectivity index (χ1n) is 10.4. The summed E-state index contributed by atoms with van der Waals surface area (Å²) < 4.78 is 10.7. The topological polar surface area (TPSA) is 71.1 Å². The number of carbonyl (C=O) groups excluding carboxylic acids is 2. The van der Waals surface area contributed by atoms with E-state index in [2.05, 4.69) is 5.32 Å². The number of amides is 2. The molecule has 1 aliphatic heterocycles. The van der Waals surface area contributed by atoms with Crippen LogP contribution < -0.4 is 24.6 Å². The van der Waals surface area contributed by atoms with Gasteiger partial charge in [-0.25, -0.2) is 4.90 Å². The van der Waals surface area contributed by atoms with E-state index in [1.54, 1.807) is 43.5 Å². The number of nitrogens with one attached hydrogen (secondary N) is 1. The highest BCUT2D eigenvalue weighted by Crippen LogP contribution is 2.37. The van der Waals surface area contributed by atoms with Gasteiger partial charge in [0.15, 0.2) is 0 Å². The molecule has 0 unspecified atom stereocenters. The maximum Gasteiger partial charge on any atom is 0.282 e. The minimum atomic E-state index is -0.442. The number of imide groups is 1. The summed E-state index contributed by atoms with van der Waals surface area (Å²) in [5.41, 5.74) is 3.16. The number of rotatable bonds is 7. The van der Waals surface area contributed by atoms with E-state index in [-0.39, 0.29) is 11.3 Å². The minimum absolute atomic E-state index is 0.193. The van der Waals surface area contributed by atoms with Gasteiger partial charge < -0.3 is 19.7 Å². The third kappa shape index (κ3) is 4.13. The quantitative estimate of drug-likeness (QED) is 0.553. The van der Waals surface area contributed by atoms with Crippen LogP contribution in [0.4, 0.5) is 17.1 Å². The molecule has 0 spiro atoms. The minimum Gasteiger partial charge on any atom is -0.497 e. The second kappa shape index (κ2) is 9.08. The van der Waals surface area contributed by atoms with Gasteiger partial charge in [-0.15, -0.1) is 0 Å². The maximum atomic E-state index is 13.6. The molecule has 4 rings (SSSR count). The normalized spacial score (nSPS) is 13.4. The summed E-state index contributed by atoms with van der Waals surface area (Å²) in [6, 6.07) is 21.6. The van der Waals surface area contributed by atoms with Crippen LogP contribution in [-0.2, 0) is 9.59 Å². The largest absolute Gasteiger partial charge is 0.497 e. The lowest BCUT2D eigenvalue weighted by Gasteiger charge is -2.16. The third-order valence-corrected chi connectivity index (χ3v) is 5.44. The Kier molecular flexibility index (Phi) is 6.04. The van der Waals surface area contributed by atoms with Crippen molar-refractivity contribution in [2.45, 2.75) is 0 Å². The van der Waals surface area contributed by atoms with Gasteiger partial charge in [0.25, 0.3) is 11.8 Å². The Morgan fingerprint density at radius 1 is 0.788 bits per heavy atom. The summed E-state index contributed by atoms with van der Waals surface area (Å²) in [5, 5.41) is 3.18. The Bertz CT molecular complexity index is 1220. The van der Waals surface area contributed by atoms with Crippen molar-refractivity contribution in [2.75, 3.05) is 43.4 Å². The van der Waals surface area contributed by atoms with E-state index >= 15 is 0 Å². The van der Waals surface area contributed by atoms with Crippen molar-refractivity contribution in [1.29, 1.82) is 0 Å². The van der Waals surface area contributed by atoms with E-state index in [1.165, 1.54) is 7.11 Å². The van der Waals surface area contributed by atoms with E-state index in [0.717, 1.165) is 10.6 Å². The first-order chi connectivity index (χ1) is 15.9. The Morgan fingerprint density at radius 3 is 2.06 bits per heavy atom. The van der Waals surface area contributed by atoms with Gasteiger partial charge in [0.2, 0.25) is 0 Å². The van der Waals surface area contributed by atoms with Crippen molar-refractivity contribution in [3.8, 4) is 11.5 Å². The van der Waals surface area contributed by atoms with Gasteiger partial charge in [-0.1, -0.05) is 18.2 Å². The molecule has 0 aliphatic carbocycles. The predicted molar refractivity (Wildman–Crippen MR) is 130 cm³/mol. The van der Waals surface area contributed by atoms with Gasteiger partial charge >= 0.3 is 0 Å². The lowest BCUT2D eigenvalue weighted by atomic mass is 10.0. The molecular weight excluding hydrogens is 418 g/mol. The molecule has 1 N–H and O–H groups in total. The Labute approximate surface area is 192 Å². The number of hydrogen-bond donors (Lipinski definition) is 1. The van der Waals surface area contributed by atoms with Crippen LogP contribution in [0.25, 0.3) is 5.57 Å². The molecule has 0 aromatic heterocycles. The number of benzene rings is 3. The average molecular weight is 444 g/mol. The third-order valence-electron chi connectivity index (χ3n) is 5.44. The zero-order valence-electron chi connectivity index (χ0n) is 19.0. The fourth-order valence-corrected chi connectivity index (χ4v) is 3.70. The molecule has 0 saturated heterocycles. The Hall–Kier alpha value is -4.26. The molecule has 1 aliphatic rings. The van der Waals surface area contributed by atoms with Crippen LogP contribution in [0.5, 0.6) is 11.5 Å². The van der Waals surface area contributed by atoms with Gasteiger partial charge in [-0.05, 0) is 54.6 Å². The molecule has 0 saturated carbocycles. The number of hydrogen-bond acceptors (Lipinski definition) is 6. The Balaban J connectivity index is 1.80. The van der Waals surface area contributed by atoms with Crippen LogP contribution in [-0.4, -0.2) is 40.1 Å². The van der Waals surface area contributed by atoms with Crippen molar-refractivity contribution in [3.05, 3.63) is 84.1 Å². The van der Waals surface area contributed by atoms with Gasteiger partial charge in [0.1, 0.15) is 17.2 Å². The molecule has 1 heterocycles. The summed E-state index contributed by atoms with van der Waals surface area (Å²) in [5.74, 6) is 0.271. The van der Waals surface area contributed by atoms with E-state index in [4.69, 9.17) is 9.47 Å². The van der Waals surface area contributed by atoms with Crippen molar-refractivity contribution in [3.63, 3.8) is 0 Å². The van der Waals surface area contributed by atoms with Crippen LogP contribution in [0, 0.1) is 0 Å². The van der Waals surface area contributed by atoms with E-state index < -0.39 is 11.8 Å². The lowest BCUT2D eigenvalue weighted by molar-refractivity contribution is -0.120. The average Bonchev–Trinajstić information content (AvgIpc) is 3.08. The SMILES string of the molecule is COc1ccc(N2C(=O)C(Nc3ccc(N(C)C)cc3)=C(c3ccccc3OC)C2=O)cc1. The maximum absolute atomic E-state index is 13.6. The van der Waals surface area contributed by atoms with Crippen LogP contribution in [0.15, 0.2) is 78.5 Å². The summed E-state index contributed by atoms with van der Waals surface area (Å²) in [4.78, 5) is 30.3. The number of ether oxygens (including phenoxy) is 2. The standard InChI is InChI=1S/C26H25N3O4/c1-28(2)18-11-9-17(10-12-18)27-24-23(21-7-5-6-8-22(21)33-4)25(30)29(26(24)31)19-13-15-20(32-3)16-14-19/h5-16,27H,1-4H3. The molecule has 7 heteroatoms. The number of carbonyl (C=O) groups is 2. The summed E-state index contributed by atoms with van der Waals surface area (Å²) in [6.07, 6.45) is 0. The van der Waals surface area contributed by atoms with Gasteiger partial charge in [0.05, 0.1) is 25.5 Å². The molecule has 168 valence electrons. The number of methoxy groups -OCH3 is 2. The fraction of sp³-hybridized carbons (Fsp3) is 0.154. The van der Waals surface area contributed by atoms with Gasteiger partial charge in [-0.3, -0.25) is 9.59 Å². The van der Waals surface area contributed by atoms with Crippen LogP contribution in [0.3, 0.4) is 0 Å². The molecule has 3 aromatic rings. The van der Waals surface area contributed by atoms with Crippen LogP contribution >= 0.6 is 0 Å². The molecule has 0 fully saturated rings. The highest BCUT2D eigenvalue weighted by molar-refractivity contribution is 6.46. The van der Waals surface area contributed by atoms with Gasteiger partial charge in [-0.2, -0.15) is 0 Å². The molecule has 7 nitrogen and oxygen atoms in total. The highest BCUT2D eigenvalue weighted by Gasteiger charge is 2.41. The predicted octanol–water partition coefficient (Wildman–Crippen LogP) is 4.17. The van der Waals surface area contributed by atoms with Crippen molar-refractivity contribution < 1.29 is 19.1 Å². The Morgan fingerprint density at radius 2 is 1.45 bits per heavy atom. The molecule has 3 aromatic carbocycles. The second-order valence-electron chi connectivity index (χ2n) is 7.66. The van der Waals surface area contributed by atoms with Crippen molar-refractivity contribution >= 4 is 34.4 Å². The molecule has 0 atom stereocenters. The smallest absolute Gasteiger partial charge is 0.282 e. The van der Waals surface area contributed by atoms with E-state index in [1.807, 2.05) is 55.4 Å². The molecule has 2 amide bonds. The number of anilines is 3. The number of para-hydroxylation sites is 1. The van der Waals surface area contributed by atoms with Crippen molar-refractivity contribution in [2.24, 2.45) is 0 Å². The van der Waals surface area contributed by atoms with Crippen LogP contribution in [0.2, 0.25) is 0 Å². The summed E-state index contributed by atoms with van der Waals surface area (Å²) in [7, 11) is 7.01. The number of nitrogens with zero attached hydrogens (tertiary/aromatic N) is 2. The second-order valence-corrected chi connectivity index (χ2v) is 7.66. The van der Waals surface area contributed by atoms with Crippen LogP contribution in [0.1, 0.15) is 5.56 Å². The highest BCUT2D eigenvalue weighted by atomic mass is 16.5. The summed E-state index contributed by atoms with van der Waals surface area (Å²) in [6.45, 7) is 0. The van der Waals surface area contributed by atoms with E-state index in [9.17, 15) is 9.59 Å². The van der Waals surface area contributed by atoms with Gasteiger partial charge in [0, 0.05) is 31.0 Å². The zero-order valence-corrected chi connectivity index (χ0v) is 19.0. The molecule has 33 heavy (non-hydrogen) atoms. The molecular formula is C26H25N3O4. The fourth-order valence-electron chi connectivity index (χ4n) is 3.70. The monoisotopic (exact) mass is 443 g/mol. The lowest BCUT2D eigenvalue weighted by Crippen LogP contribution is -2.32. The molecule has 0 bridgehead atoms.